The Hall–Kier alpha value is -1.26. The summed E-state index contributed by atoms with van der Waals surface area (Å²) in [6.45, 7) is 0. The summed E-state index contributed by atoms with van der Waals surface area (Å²) in [6.07, 6.45) is 0.385. The van der Waals surface area contributed by atoms with Crippen molar-refractivity contribution in [2.24, 2.45) is 0 Å². The molecule has 0 aliphatic carbocycles. The lowest BCUT2D eigenvalue weighted by Gasteiger charge is -2.07. The Kier molecular flexibility index (Phi) is 1.75. The van der Waals surface area contributed by atoms with Gasteiger partial charge in [-0.2, -0.15) is 14.4 Å². The van der Waals surface area contributed by atoms with Crippen LogP contribution in [0.15, 0.2) is 6.33 Å². The third-order valence-corrected chi connectivity index (χ3v) is 0.930. The molecule has 1 aromatic heterocycles. The topological polar surface area (TPSA) is 41.9 Å². The lowest BCUT2D eigenvalue weighted by molar-refractivity contribution is 0.532. The largest absolute Gasteiger partial charge is 0.347 e. The highest BCUT2D eigenvalue weighted by atomic mass is 19.1. The molecule has 0 amide bonds. The van der Waals surface area contributed by atoms with E-state index in [1.54, 1.807) is 19.0 Å². The number of anilines is 1. The van der Waals surface area contributed by atoms with Crippen LogP contribution in [0.5, 0.6) is 0 Å². The average molecular weight is 142 g/mol. The summed E-state index contributed by atoms with van der Waals surface area (Å²) < 4.78 is 12.2. The van der Waals surface area contributed by atoms with Crippen LogP contribution in [0.3, 0.4) is 0 Å². The van der Waals surface area contributed by atoms with Gasteiger partial charge in [0.25, 0.3) is 0 Å². The van der Waals surface area contributed by atoms with Gasteiger partial charge >= 0.3 is 6.08 Å². The van der Waals surface area contributed by atoms with E-state index in [-0.39, 0.29) is 0 Å². The van der Waals surface area contributed by atoms with Gasteiger partial charge in [-0.1, -0.05) is 0 Å². The van der Waals surface area contributed by atoms with Crippen LogP contribution in [0, 0.1) is 6.08 Å². The average Bonchev–Trinajstić information content (AvgIpc) is 1.88. The van der Waals surface area contributed by atoms with E-state index in [1.807, 2.05) is 0 Å². The molecule has 0 spiro atoms. The first-order valence-electron chi connectivity index (χ1n) is 2.72. The maximum absolute atomic E-state index is 12.2. The summed E-state index contributed by atoms with van der Waals surface area (Å²) in [7, 11) is 3.46. The molecule has 5 heteroatoms. The molecule has 54 valence electrons. The standard InChI is InChI=1S/C5H7FN4/c1-10(2)5-8-3-7-4(6)9-5/h3H,1-2H3. The number of nitrogens with zero attached hydrogens (tertiary/aromatic N) is 4. The van der Waals surface area contributed by atoms with Gasteiger partial charge in [0.15, 0.2) is 0 Å². The molecule has 0 aliphatic heterocycles. The van der Waals surface area contributed by atoms with Crippen molar-refractivity contribution in [3.63, 3.8) is 0 Å². The number of hydrogen-bond donors (Lipinski definition) is 0. The third-order valence-electron chi connectivity index (χ3n) is 0.930. The Labute approximate surface area is 57.7 Å². The van der Waals surface area contributed by atoms with Crippen LogP contribution in [-0.4, -0.2) is 29.0 Å². The summed E-state index contributed by atoms with van der Waals surface area (Å²) >= 11 is 0. The van der Waals surface area contributed by atoms with Crippen LogP contribution < -0.4 is 4.90 Å². The van der Waals surface area contributed by atoms with E-state index in [0.717, 1.165) is 6.33 Å². The predicted molar refractivity (Wildman–Crippen MR) is 34.1 cm³/mol. The smallest absolute Gasteiger partial charge is 0.313 e. The predicted octanol–water partition coefficient (Wildman–Crippen LogP) is 0.0767. The minimum atomic E-state index is -0.751. The first kappa shape index (κ1) is 6.85. The zero-order valence-corrected chi connectivity index (χ0v) is 5.74. The van der Waals surface area contributed by atoms with Crippen molar-refractivity contribution in [1.82, 2.24) is 15.0 Å². The molecule has 0 N–H and O–H groups in total. The molecule has 4 nitrogen and oxygen atoms in total. The Balaban J connectivity index is 2.96. The fraction of sp³-hybridized carbons (Fsp3) is 0.400. The Bertz CT molecular complexity index is 225. The van der Waals surface area contributed by atoms with Crippen molar-refractivity contribution < 1.29 is 4.39 Å². The van der Waals surface area contributed by atoms with Crippen molar-refractivity contribution in [2.45, 2.75) is 0 Å². The molecular formula is C5H7FN4. The highest BCUT2D eigenvalue weighted by Gasteiger charge is 1.99. The zero-order valence-electron chi connectivity index (χ0n) is 5.74. The van der Waals surface area contributed by atoms with Gasteiger partial charge in [-0.05, 0) is 0 Å². The van der Waals surface area contributed by atoms with E-state index >= 15 is 0 Å². The van der Waals surface area contributed by atoms with Crippen molar-refractivity contribution in [3.05, 3.63) is 12.4 Å². The molecule has 0 atom stereocenters. The number of hydrogen-bond acceptors (Lipinski definition) is 4. The molecule has 0 fully saturated rings. The molecule has 0 unspecified atom stereocenters. The number of aromatic nitrogens is 3. The quantitative estimate of drug-likeness (QED) is 0.556. The van der Waals surface area contributed by atoms with Gasteiger partial charge < -0.3 is 4.90 Å². The third kappa shape index (κ3) is 1.37. The van der Waals surface area contributed by atoms with Crippen molar-refractivity contribution in [2.75, 3.05) is 19.0 Å². The van der Waals surface area contributed by atoms with Crippen LogP contribution >= 0.6 is 0 Å². The molecule has 1 heterocycles. The van der Waals surface area contributed by atoms with Gasteiger partial charge in [-0.25, -0.2) is 4.98 Å². The van der Waals surface area contributed by atoms with E-state index in [4.69, 9.17) is 0 Å². The van der Waals surface area contributed by atoms with Gasteiger partial charge in [-0.15, -0.1) is 0 Å². The monoisotopic (exact) mass is 142 g/mol. The highest BCUT2D eigenvalue weighted by molar-refractivity contribution is 5.23. The number of rotatable bonds is 1. The maximum Gasteiger partial charge on any atom is 0.313 e. The van der Waals surface area contributed by atoms with Gasteiger partial charge in [0.2, 0.25) is 5.95 Å². The first-order valence-corrected chi connectivity index (χ1v) is 2.72. The van der Waals surface area contributed by atoms with Crippen molar-refractivity contribution in [1.29, 1.82) is 0 Å². The van der Waals surface area contributed by atoms with E-state index in [1.165, 1.54) is 0 Å². The van der Waals surface area contributed by atoms with Crippen molar-refractivity contribution >= 4 is 5.95 Å². The second kappa shape index (κ2) is 2.55. The summed E-state index contributed by atoms with van der Waals surface area (Å²) in [6, 6.07) is 0. The SMILES string of the molecule is CN(C)c1ncnc(F)n1. The van der Waals surface area contributed by atoms with Gasteiger partial charge in [-0.3, -0.25) is 0 Å². The highest BCUT2D eigenvalue weighted by Crippen LogP contribution is 1.98. The summed E-state index contributed by atoms with van der Waals surface area (Å²) in [5.74, 6) is 0.326. The summed E-state index contributed by atoms with van der Waals surface area (Å²) in [5, 5.41) is 0. The molecule has 1 aromatic rings. The molecule has 0 radical (unpaired) electrons. The normalized spacial score (nSPS) is 9.50. The van der Waals surface area contributed by atoms with Crippen LogP contribution in [-0.2, 0) is 0 Å². The van der Waals surface area contributed by atoms with Gasteiger partial charge in [0.05, 0.1) is 0 Å². The zero-order chi connectivity index (χ0) is 7.56. The first-order chi connectivity index (χ1) is 4.70. The molecule has 1 rings (SSSR count). The van der Waals surface area contributed by atoms with Gasteiger partial charge in [0, 0.05) is 14.1 Å². The lowest BCUT2D eigenvalue weighted by Crippen LogP contribution is -2.13. The van der Waals surface area contributed by atoms with Crippen molar-refractivity contribution in [3.8, 4) is 0 Å². The Morgan fingerprint density at radius 3 is 2.50 bits per heavy atom. The molecule has 0 aromatic carbocycles. The fourth-order valence-corrected chi connectivity index (χ4v) is 0.484. The van der Waals surface area contributed by atoms with Crippen LogP contribution in [0.25, 0.3) is 0 Å². The van der Waals surface area contributed by atoms with E-state index in [2.05, 4.69) is 15.0 Å². The number of halogens is 1. The minimum Gasteiger partial charge on any atom is -0.347 e. The second-order valence-corrected chi connectivity index (χ2v) is 1.95. The lowest BCUT2D eigenvalue weighted by atomic mass is 10.8. The maximum atomic E-state index is 12.2. The Morgan fingerprint density at radius 1 is 1.40 bits per heavy atom. The summed E-state index contributed by atoms with van der Waals surface area (Å²) in [5.41, 5.74) is 0. The molecule has 0 saturated heterocycles. The van der Waals surface area contributed by atoms with Crippen LogP contribution in [0.1, 0.15) is 0 Å². The van der Waals surface area contributed by atoms with Crippen LogP contribution in [0.4, 0.5) is 10.3 Å². The fourth-order valence-electron chi connectivity index (χ4n) is 0.484. The second-order valence-electron chi connectivity index (χ2n) is 1.95. The molecular weight excluding hydrogens is 135 g/mol. The van der Waals surface area contributed by atoms with E-state index in [9.17, 15) is 4.39 Å². The minimum absolute atomic E-state index is 0.326. The molecule has 0 aliphatic rings. The van der Waals surface area contributed by atoms with Gasteiger partial charge in [0.1, 0.15) is 6.33 Å². The molecule has 0 saturated carbocycles. The van der Waals surface area contributed by atoms with E-state index in [0.29, 0.717) is 5.95 Å². The summed E-state index contributed by atoms with van der Waals surface area (Å²) in [4.78, 5) is 11.9. The van der Waals surface area contributed by atoms with Crippen LogP contribution in [0.2, 0.25) is 0 Å². The Morgan fingerprint density at radius 2 is 2.10 bits per heavy atom. The molecule has 10 heavy (non-hydrogen) atoms. The van der Waals surface area contributed by atoms with E-state index < -0.39 is 6.08 Å². The molecule has 0 bridgehead atoms.